The number of rotatable bonds is 4. The third kappa shape index (κ3) is 4.32. The van der Waals surface area contributed by atoms with Gasteiger partial charge in [-0.25, -0.2) is 0 Å². The van der Waals surface area contributed by atoms with Gasteiger partial charge in [0.15, 0.2) is 0 Å². The van der Waals surface area contributed by atoms with Crippen molar-refractivity contribution in [2.45, 2.75) is 46.1 Å². The molecule has 6 nitrogen and oxygen atoms in total. The van der Waals surface area contributed by atoms with E-state index in [1.807, 2.05) is 24.8 Å². The van der Waals surface area contributed by atoms with Gasteiger partial charge >= 0.3 is 0 Å². The van der Waals surface area contributed by atoms with Gasteiger partial charge in [0.25, 0.3) is 5.91 Å². The van der Waals surface area contributed by atoms with E-state index in [1.54, 1.807) is 0 Å². The van der Waals surface area contributed by atoms with Gasteiger partial charge in [0.2, 0.25) is 5.91 Å². The predicted molar refractivity (Wildman–Crippen MR) is 115 cm³/mol. The SMILES string of the molecule is CC(C)NC(=O)CN1CCN(C(=O)c2ccc3[nH]c4c(c3c2)C[C@@H](C)CC4)CC1. The number of aromatic amines is 1. The smallest absolute Gasteiger partial charge is 0.253 e. The van der Waals surface area contributed by atoms with E-state index in [9.17, 15) is 9.59 Å². The van der Waals surface area contributed by atoms with Crippen LogP contribution in [0.3, 0.4) is 0 Å². The van der Waals surface area contributed by atoms with Crippen LogP contribution < -0.4 is 5.32 Å². The summed E-state index contributed by atoms with van der Waals surface area (Å²) in [5.41, 5.74) is 4.65. The Morgan fingerprint density at radius 1 is 1.21 bits per heavy atom. The lowest BCUT2D eigenvalue weighted by molar-refractivity contribution is -0.123. The number of piperazine rings is 1. The average Bonchev–Trinajstić information content (AvgIpc) is 3.04. The minimum Gasteiger partial charge on any atom is -0.358 e. The number of amides is 2. The van der Waals surface area contributed by atoms with Crippen molar-refractivity contribution in [3.8, 4) is 0 Å². The van der Waals surface area contributed by atoms with Gasteiger partial charge in [-0.1, -0.05) is 6.92 Å². The average molecular weight is 397 g/mol. The molecule has 1 atom stereocenters. The fraction of sp³-hybridized carbons (Fsp3) is 0.565. The van der Waals surface area contributed by atoms with Crippen LogP contribution in [0.5, 0.6) is 0 Å². The van der Waals surface area contributed by atoms with E-state index in [0.717, 1.165) is 37.0 Å². The molecule has 1 aromatic carbocycles. The molecule has 6 heteroatoms. The highest BCUT2D eigenvalue weighted by Crippen LogP contribution is 2.32. The molecule has 4 rings (SSSR count). The van der Waals surface area contributed by atoms with Crippen LogP contribution in [-0.4, -0.2) is 65.4 Å². The maximum Gasteiger partial charge on any atom is 0.253 e. The minimum absolute atomic E-state index is 0.0525. The molecular formula is C23H32N4O2. The number of benzene rings is 1. The molecule has 1 fully saturated rings. The normalized spacial score (nSPS) is 20.1. The standard InChI is InChI=1S/C23H32N4O2/c1-15(2)24-22(28)14-26-8-10-27(11-9-26)23(29)17-5-7-21-19(13-17)18-12-16(3)4-6-20(18)25-21/h5,7,13,15-16,25H,4,6,8-12,14H2,1-3H3,(H,24,28)/t16-/m0/s1. The number of carbonyl (C=O) groups is 2. The maximum atomic E-state index is 13.1. The number of aryl methyl sites for hydroxylation is 1. The second kappa shape index (κ2) is 8.19. The van der Waals surface area contributed by atoms with Crippen molar-refractivity contribution in [2.24, 2.45) is 5.92 Å². The van der Waals surface area contributed by atoms with E-state index < -0.39 is 0 Å². The molecule has 0 spiro atoms. The molecule has 2 aliphatic rings. The number of nitrogens with zero attached hydrogens (tertiary/aromatic N) is 2. The second-order valence-electron chi connectivity index (χ2n) is 8.98. The van der Waals surface area contributed by atoms with Crippen molar-refractivity contribution >= 4 is 22.7 Å². The van der Waals surface area contributed by atoms with Crippen LogP contribution in [0.4, 0.5) is 0 Å². The lowest BCUT2D eigenvalue weighted by Gasteiger charge is -2.34. The van der Waals surface area contributed by atoms with Gasteiger partial charge in [-0.3, -0.25) is 14.5 Å². The summed E-state index contributed by atoms with van der Waals surface area (Å²) in [7, 11) is 0. The fourth-order valence-corrected chi connectivity index (χ4v) is 4.59. The van der Waals surface area contributed by atoms with E-state index >= 15 is 0 Å². The highest BCUT2D eigenvalue weighted by atomic mass is 16.2. The van der Waals surface area contributed by atoms with Crippen molar-refractivity contribution in [1.82, 2.24) is 20.1 Å². The molecule has 1 saturated heterocycles. The minimum atomic E-state index is 0.0525. The van der Waals surface area contributed by atoms with Crippen molar-refractivity contribution in [3.05, 3.63) is 35.0 Å². The number of nitrogens with one attached hydrogen (secondary N) is 2. The van der Waals surface area contributed by atoms with E-state index in [1.165, 1.54) is 23.1 Å². The first-order valence-electron chi connectivity index (χ1n) is 10.8. The molecule has 1 aliphatic heterocycles. The third-order valence-corrected chi connectivity index (χ3v) is 6.16. The van der Waals surface area contributed by atoms with E-state index in [0.29, 0.717) is 25.6 Å². The van der Waals surface area contributed by atoms with Gasteiger partial charge in [0.05, 0.1) is 6.54 Å². The van der Waals surface area contributed by atoms with Gasteiger partial charge in [-0.15, -0.1) is 0 Å². The summed E-state index contributed by atoms with van der Waals surface area (Å²) in [5.74, 6) is 0.843. The molecule has 0 bridgehead atoms. The first-order valence-corrected chi connectivity index (χ1v) is 10.8. The molecule has 29 heavy (non-hydrogen) atoms. The van der Waals surface area contributed by atoms with Crippen LogP contribution in [0.1, 0.15) is 48.8 Å². The first kappa shape index (κ1) is 20.0. The summed E-state index contributed by atoms with van der Waals surface area (Å²) in [4.78, 5) is 32.6. The zero-order valence-corrected chi connectivity index (χ0v) is 17.8. The van der Waals surface area contributed by atoms with Crippen LogP contribution in [0.15, 0.2) is 18.2 Å². The van der Waals surface area contributed by atoms with Gasteiger partial charge in [-0.2, -0.15) is 0 Å². The summed E-state index contributed by atoms with van der Waals surface area (Å²) in [5, 5.41) is 4.14. The summed E-state index contributed by atoms with van der Waals surface area (Å²) in [6.07, 6.45) is 3.41. The Hall–Kier alpha value is -2.34. The zero-order valence-electron chi connectivity index (χ0n) is 17.8. The van der Waals surface area contributed by atoms with E-state index in [4.69, 9.17) is 0 Å². The van der Waals surface area contributed by atoms with E-state index in [2.05, 4.69) is 34.3 Å². The van der Waals surface area contributed by atoms with Gasteiger partial charge < -0.3 is 15.2 Å². The van der Waals surface area contributed by atoms with Crippen molar-refractivity contribution in [1.29, 1.82) is 0 Å². The van der Waals surface area contributed by atoms with Crippen LogP contribution >= 0.6 is 0 Å². The largest absolute Gasteiger partial charge is 0.358 e. The van der Waals surface area contributed by atoms with Crippen molar-refractivity contribution in [3.63, 3.8) is 0 Å². The Labute approximate surface area is 172 Å². The van der Waals surface area contributed by atoms with Gasteiger partial charge in [0, 0.05) is 54.4 Å². The molecule has 156 valence electrons. The molecule has 0 saturated carbocycles. The molecule has 0 unspecified atom stereocenters. The van der Waals surface area contributed by atoms with Crippen molar-refractivity contribution in [2.75, 3.05) is 32.7 Å². The Morgan fingerprint density at radius 3 is 2.69 bits per heavy atom. The molecule has 2 N–H and O–H groups in total. The van der Waals surface area contributed by atoms with Gasteiger partial charge in [0.1, 0.15) is 0 Å². The number of H-pyrrole nitrogens is 1. The number of carbonyl (C=O) groups excluding carboxylic acids is 2. The molecule has 1 aromatic heterocycles. The second-order valence-corrected chi connectivity index (χ2v) is 8.98. The Balaban J connectivity index is 1.42. The summed E-state index contributed by atoms with van der Waals surface area (Å²) in [6, 6.07) is 6.23. The summed E-state index contributed by atoms with van der Waals surface area (Å²) < 4.78 is 0. The molecule has 2 aromatic rings. The fourth-order valence-electron chi connectivity index (χ4n) is 4.59. The third-order valence-electron chi connectivity index (χ3n) is 6.16. The molecule has 0 radical (unpaired) electrons. The predicted octanol–water partition coefficient (Wildman–Crippen LogP) is 2.58. The quantitative estimate of drug-likeness (QED) is 0.835. The molecule has 2 amide bonds. The lowest BCUT2D eigenvalue weighted by atomic mass is 9.87. The number of fused-ring (bicyclic) bond motifs is 3. The van der Waals surface area contributed by atoms with Gasteiger partial charge in [-0.05, 0) is 62.8 Å². The summed E-state index contributed by atoms with van der Waals surface area (Å²) >= 11 is 0. The highest BCUT2D eigenvalue weighted by molar-refractivity contribution is 5.99. The zero-order chi connectivity index (χ0) is 20.5. The maximum absolute atomic E-state index is 13.1. The molecular weight excluding hydrogens is 364 g/mol. The molecule has 2 heterocycles. The topological polar surface area (TPSA) is 68.4 Å². The molecule has 1 aliphatic carbocycles. The highest BCUT2D eigenvalue weighted by Gasteiger charge is 2.25. The van der Waals surface area contributed by atoms with Crippen molar-refractivity contribution < 1.29 is 9.59 Å². The number of hydrogen-bond donors (Lipinski definition) is 2. The Bertz CT molecular complexity index is 909. The Morgan fingerprint density at radius 2 is 1.97 bits per heavy atom. The van der Waals surface area contributed by atoms with Crippen LogP contribution in [0.2, 0.25) is 0 Å². The summed E-state index contributed by atoms with van der Waals surface area (Å²) in [6.45, 7) is 9.42. The Kier molecular flexibility index (Phi) is 5.63. The number of aromatic nitrogens is 1. The first-order chi connectivity index (χ1) is 13.9. The van der Waals surface area contributed by atoms with Crippen LogP contribution in [0, 0.1) is 5.92 Å². The monoisotopic (exact) mass is 396 g/mol. The lowest BCUT2D eigenvalue weighted by Crippen LogP contribution is -2.51. The van der Waals surface area contributed by atoms with Crippen LogP contribution in [0.25, 0.3) is 10.9 Å². The number of hydrogen-bond acceptors (Lipinski definition) is 3. The van der Waals surface area contributed by atoms with E-state index in [-0.39, 0.29) is 17.9 Å². The van der Waals surface area contributed by atoms with Crippen LogP contribution in [-0.2, 0) is 17.6 Å².